The summed E-state index contributed by atoms with van der Waals surface area (Å²) in [5.41, 5.74) is 5.54. The minimum absolute atomic E-state index is 0.0168. The lowest BCUT2D eigenvalue weighted by atomic mass is 9.95. The Balaban J connectivity index is 1.44. The lowest BCUT2D eigenvalue weighted by Crippen LogP contribution is -2.56. The third-order valence-electron chi connectivity index (χ3n) is 8.12. The Morgan fingerprint density at radius 3 is 2.43 bits per heavy atom. The molecule has 1 N–H and O–H groups in total. The van der Waals surface area contributed by atoms with Crippen molar-refractivity contribution in [2.45, 2.75) is 46.5 Å². The molecule has 10 heteroatoms. The molecule has 3 amide bonds. The SMILES string of the molecule is CCN1C(=O)/C(=C\c2cc(C)n(-c3sc4c(c3C(=O)Nc3ccccc3)CCCC4)c2C)C(=O)N(c2ccc(Cl)cc2)C1=S. The topological polar surface area (TPSA) is 74.6 Å². The third kappa shape index (κ3) is 5.29. The Morgan fingerprint density at radius 2 is 1.73 bits per heavy atom. The molecular weight excluding hydrogens is 612 g/mol. The second-order valence-electron chi connectivity index (χ2n) is 10.9. The lowest BCUT2D eigenvalue weighted by Gasteiger charge is -2.36. The zero-order valence-electron chi connectivity index (χ0n) is 24.6. The van der Waals surface area contributed by atoms with Gasteiger partial charge in [0.05, 0.1) is 11.3 Å². The number of carbonyl (C=O) groups excluding carboxylic acids is 3. The maximum atomic E-state index is 13.9. The van der Waals surface area contributed by atoms with Crippen molar-refractivity contribution in [2.24, 2.45) is 0 Å². The summed E-state index contributed by atoms with van der Waals surface area (Å²) in [4.78, 5) is 45.3. The molecule has 1 aliphatic heterocycles. The number of para-hydroxylation sites is 1. The number of halogens is 1. The normalized spacial score (nSPS) is 16.1. The van der Waals surface area contributed by atoms with Crippen molar-refractivity contribution in [3.8, 4) is 5.00 Å². The number of aryl methyl sites for hydroxylation is 2. The van der Waals surface area contributed by atoms with Crippen LogP contribution in [0, 0.1) is 13.8 Å². The van der Waals surface area contributed by atoms with Crippen LogP contribution >= 0.6 is 35.2 Å². The highest BCUT2D eigenvalue weighted by Gasteiger charge is 2.40. The molecular formula is C34H31ClN4O3S2. The van der Waals surface area contributed by atoms with Crippen LogP contribution in [0.25, 0.3) is 11.1 Å². The Morgan fingerprint density at radius 1 is 1.02 bits per heavy atom. The van der Waals surface area contributed by atoms with E-state index in [1.807, 2.05) is 57.2 Å². The van der Waals surface area contributed by atoms with Gasteiger partial charge in [0.2, 0.25) is 0 Å². The summed E-state index contributed by atoms with van der Waals surface area (Å²) in [6, 6.07) is 18.2. The van der Waals surface area contributed by atoms with Gasteiger partial charge in [-0.2, -0.15) is 0 Å². The van der Waals surface area contributed by atoms with Gasteiger partial charge >= 0.3 is 0 Å². The molecule has 0 bridgehead atoms. The first-order valence-electron chi connectivity index (χ1n) is 14.6. The Kier molecular flexibility index (Phi) is 8.28. The number of likely N-dealkylation sites (N-methyl/N-ethyl adjacent to an activating group) is 1. The maximum Gasteiger partial charge on any atom is 0.270 e. The lowest BCUT2D eigenvalue weighted by molar-refractivity contribution is -0.127. The Bertz CT molecular complexity index is 1840. The minimum atomic E-state index is -0.494. The van der Waals surface area contributed by atoms with Gasteiger partial charge in [-0.25, -0.2) is 0 Å². The van der Waals surface area contributed by atoms with E-state index in [9.17, 15) is 14.4 Å². The highest BCUT2D eigenvalue weighted by molar-refractivity contribution is 7.80. The minimum Gasteiger partial charge on any atom is -0.322 e. The first-order valence-corrected chi connectivity index (χ1v) is 16.2. The van der Waals surface area contributed by atoms with Gasteiger partial charge in [-0.3, -0.25) is 24.2 Å². The van der Waals surface area contributed by atoms with E-state index in [1.54, 1.807) is 41.7 Å². The molecule has 0 saturated carbocycles. The monoisotopic (exact) mass is 642 g/mol. The van der Waals surface area contributed by atoms with Crippen LogP contribution in [0.5, 0.6) is 0 Å². The number of hydrogen-bond acceptors (Lipinski definition) is 5. The number of fused-ring (bicyclic) bond motifs is 1. The van der Waals surface area contributed by atoms with E-state index in [2.05, 4.69) is 9.88 Å². The number of benzene rings is 2. The molecule has 4 aromatic rings. The van der Waals surface area contributed by atoms with E-state index in [1.165, 1.54) is 14.7 Å². The number of rotatable bonds is 6. The number of nitrogens with zero attached hydrogens (tertiary/aromatic N) is 3. The molecule has 1 aliphatic carbocycles. The van der Waals surface area contributed by atoms with E-state index in [0.717, 1.165) is 58.9 Å². The van der Waals surface area contributed by atoms with E-state index in [4.69, 9.17) is 23.8 Å². The Labute approximate surface area is 270 Å². The zero-order valence-corrected chi connectivity index (χ0v) is 27.0. The fourth-order valence-corrected chi connectivity index (χ4v) is 7.96. The summed E-state index contributed by atoms with van der Waals surface area (Å²) < 4.78 is 2.08. The standard InChI is InChI=1S/C34H31ClN4O3S2/c1-4-37-31(41)27(32(42)39(34(37)43)25-16-14-23(35)15-17-25)19-22-18-20(2)38(21(22)3)33-29(26-12-8-9-13-28(26)44-33)30(40)36-24-10-6-5-7-11-24/h5-7,10-11,14-19H,4,8-9,12-13H2,1-3H3,(H,36,40)/b27-19+. The fourth-order valence-electron chi connectivity index (χ4n) is 5.93. The van der Waals surface area contributed by atoms with Gasteiger partial charge in [0, 0.05) is 33.5 Å². The average Bonchev–Trinajstić information content (AvgIpc) is 3.52. The number of thiocarbonyl (C=S) groups is 1. The first kappa shape index (κ1) is 30.0. The van der Waals surface area contributed by atoms with Crippen molar-refractivity contribution in [3.05, 3.63) is 104 Å². The number of amides is 3. The number of aromatic nitrogens is 1. The summed E-state index contributed by atoms with van der Waals surface area (Å²) in [6.45, 7) is 6.06. The quantitative estimate of drug-likeness (QED) is 0.134. The summed E-state index contributed by atoms with van der Waals surface area (Å²) in [6.07, 6.45) is 5.58. The second-order valence-corrected chi connectivity index (χ2v) is 12.8. The first-order chi connectivity index (χ1) is 21.2. The zero-order chi connectivity index (χ0) is 31.1. The molecule has 6 rings (SSSR count). The van der Waals surface area contributed by atoms with Crippen LogP contribution in [-0.4, -0.2) is 38.8 Å². The van der Waals surface area contributed by atoms with Crippen LogP contribution < -0.4 is 10.2 Å². The number of carbonyl (C=O) groups is 3. The molecule has 7 nitrogen and oxygen atoms in total. The van der Waals surface area contributed by atoms with Crippen molar-refractivity contribution in [2.75, 3.05) is 16.8 Å². The molecule has 1 fully saturated rings. The molecule has 0 atom stereocenters. The van der Waals surface area contributed by atoms with Gasteiger partial charge in [0.25, 0.3) is 17.7 Å². The van der Waals surface area contributed by atoms with E-state index >= 15 is 0 Å². The smallest absolute Gasteiger partial charge is 0.270 e. The summed E-state index contributed by atoms with van der Waals surface area (Å²) in [5, 5.41) is 4.60. The van der Waals surface area contributed by atoms with Crippen LogP contribution in [0.2, 0.25) is 5.02 Å². The second kappa shape index (κ2) is 12.1. The van der Waals surface area contributed by atoms with Gasteiger partial charge in [-0.1, -0.05) is 29.8 Å². The molecule has 224 valence electrons. The van der Waals surface area contributed by atoms with E-state index in [0.29, 0.717) is 22.8 Å². The number of thiophene rings is 1. The summed E-state index contributed by atoms with van der Waals surface area (Å²) in [7, 11) is 0. The fraction of sp³-hybridized carbons (Fsp3) is 0.235. The van der Waals surface area contributed by atoms with Crippen molar-refractivity contribution < 1.29 is 14.4 Å². The molecule has 0 spiro atoms. The molecule has 2 aromatic carbocycles. The predicted molar refractivity (Wildman–Crippen MR) is 181 cm³/mol. The molecule has 2 aliphatic rings. The highest BCUT2D eigenvalue weighted by atomic mass is 35.5. The van der Waals surface area contributed by atoms with Crippen molar-refractivity contribution in [1.29, 1.82) is 0 Å². The molecule has 1 saturated heterocycles. The molecule has 0 radical (unpaired) electrons. The predicted octanol–water partition coefficient (Wildman–Crippen LogP) is 7.50. The van der Waals surface area contributed by atoms with Crippen molar-refractivity contribution in [3.63, 3.8) is 0 Å². The van der Waals surface area contributed by atoms with Crippen molar-refractivity contribution in [1.82, 2.24) is 9.47 Å². The maximum absolute atomic E-state index is 13.9. The molecule has 2 aromatic heterocycles. The number of anilines is 2. The Hall–Kier alpha value is -4.05. The third-order valence-corrected chi connectivity index (χ3v) is 10.0. The van der Waals surface area contributed by atoms with Crippen molar-refractivity contribution >= 4 is 75.4 Å². The van der Waals surface area contributed by atoms with Gasteiger partial charge < -0.3 is 9.88 Å². The number of hydrogen-bond donors (Lipinski definition) is 1. The van der Waals surface area contributed by atoms with Crippen LogP contribution in [0.15, 0.2) is 66.2 Å². The van der Waals surface area contributed by atoms with Gasteiger partial charge in [-0.15, -0.1) is 11.3 Å². The van der Waals surface area contributed by atoms with Crippen LogP contribution in [0.3, 0.4) is 0 Å². The average molecular weight is 643 g/mol. The van der Waals surface area contributed by atoms with Gasteiger partial charge in [-0.05, 0) is 118 Å². The molecule has 0 unspecified atom stereocenters. The van der Waals surface area contributed by atoms with Gasteiger partial charge in [0.1, 0.15) is 10.6 Å². The number of nitrogens with one attached hydrogen (secondary N) is 1. The van der Waals surface area contributed by atoms with E-state index < -0.39 is 11.8 Å². The van der Waals surface area contributed by atoms with Gasteiger partial charge in [0.15, 0.2) is 5.11 Å². The highest BCUT2D eigenvalue weighted by Crippen LogP contribution is 2.39. The molecule has 44 heavy (non-hydrogen) atoms. The van der Waals surface area contributed by atoms with Crippen LogP contribution in [0.4, 0.5) is 11.4 Å². The largest absolute Gasteiger partial charge is 0.322 e. The van der Waals surface area contributed by atoms with E-state index in [-0.39, 0.29) is 16.6 Å². The molecule has 3 heterocycles. The van der Waals surface area contributed by atoms with Crippen LogP contribution in [0.1, 0.15) is 57.5 Å². The summed E-state index contributed by atoms with van der Waals surface area (Å²) in [5.74, 6) is -1.07. The summed E-state index contributed by atoms with van der Waals surface area (Å²) >= 11 is 13.3. The van der Waals surface area contributed by atoms with Crippen LogP contribution in [-0.2, 0) is 22.4 Å².